The molecule has 0 heterocycles. The van der Waals surface area contributed by atoms with Gasteiger partial charge in [0.1, 0.15) is 5.75 Å². The molecule has 0 bridgehead atoms. The van der Waals surface area contributed by atoms with Crippen LogP contribution in [0.5, 0.6) is 5.75 Å². The number of amides is 1. The van der Waals surface area contributed by atoms with Gasteiger partial charge in [0.15, 0.2) is 0 Å². The minimum atomic E-state index is -0.487. The largest absolute Gasteiger partial charge is 0.493 e. The first-order valence-corrected chi connectivity index (χ1v) is 7.95. The zero-order valence-electron chi connectivity index (χ0n) is 14.9. The average molecular weight is 343 g/mol. The Morgan fingerprint density at radius 1 is 1.22 bits per heavy atom. The Kier molecular flexibility index (Phi) is 9.25. The van der Waals surface area contributed by atoms with Crippen LogP contribution in [0.25, 0.3) is 0 Å². The van der Waals surface area contributed by atoms with Gasteiger partial charge in [-0.05, 0) is 35.4 Å². The molecular weight excluding hydrogens is 312 g/mol. The summed E-state index contributed by atoms with van der Waals surface area (Å²) >= 11 is 0. The van der Waals surface area contributed by atoms with Crippen molar-refractivity contribution < 1.29 is 9.53 Å². The topological polar surface area (TPSA) is 64.3 Å². The minimum Gasteiger partial charge on any atom is -0.493 e. The van der Waals surface area contributed by atoms with Gasteiger partial charge in [-0.15, -0.1) is 12.4 Å². The summed E-state index contributed by atoms with van der Waals surface area (Å²) in [5, 5.41) is 2.90. The van der Waals surface area contributed by atoms with Gasteiger partial charge >= 0.3 is 0 Å². The molecule has 0 aliphatic rings. The number of benzene rings is 1. The van der Waals surface area contributed by atoms with Gasteiger partial charge in [0.2, 0.25) is 5.91 Å². The molecule has 1 amide bonds. The number of nitrogens with one attached hydrogen (secondary N) is 1. The minimum absolute atomic E-state index is 0. The second kappa shape index (κ2) is 9.78. The lowest BCUT2D eigenvalue weighted by atomic mass is 9.87. The maximum Gasteiger partial charge on any atom is 0.237 e. The van der Waals surface area contributed by atoms with E-state index in [0.717, 1.165) is 18.8 Å². The van der Waals surface area contributed by atoms with E-state index in [4.69, 9.17) is 10.5 Å². The van der Waals surface area contributed by atoms with E-state index in [1.807, 2.05) is 45.0 Å². The van der Waals surface area contributed by atoms with Crippen LogP contribution >= 0.6 is 12.4 Å². The van der Waals surface area contributed by atoms with E-state index >= 15 is 0 Å². The molecule has 132 valence electrons. The Morgan fingerprint density at radius 2 is 1.78 bits per heavy atom. The van der Waals surface area contributed by atoms with Crippen LogP contribution in [0.1, 0.15) is 40.2 Å². The molecule has 1 atom stereocenters. The lowest BCUT2D eigenvalue weighted by Gasteiger charge is -2.25. The van der Waals surface area contributed by atoms with Gasteiger partial charge in [-0.25, -0.2) is 0 Å². The predicted octanol–water partition coefficient (Wildman–Crippen LogP) is 3.18. The van der Waals surface area contributed by atoms with Gasteiger partial charge in [-0.3, -0.25) is 4.79 Å². The Bertz CT molecular complexity index is 467. The van der Waals surface area contributed by atoms with E-state index in [1.54, 1.807) is 0 Å². The maximum absolute atomic E-state index is 11.9. The Hall–Kier alpha value is -1.26. The first kappa shape index (κ1) is 21.7. The van der Waals surface area contributed by atoms with Gasteiger partial charge in [0.05, 0.1) is 12.6 Å². The van der Waals surface area contributed by atoms with Crippen LogP contribution in [0.2, 0.25) is 0 Å². The average Bonchev–Trinajstić information content (AvgIpc) is 2.44. The summed E-state index contributed by atoms with van der Waals surface area (Å²) in [7, 11) is 0. The molecule has 0 unspecified atom stereocenters. The van der Waals surface area contributed by atoms with Crippen molar-refractivity contribution in [2.24, 2.45) is 17.1 Å². The van der Waals surface area contributed by atoms with Crippen LogP contribution in [0.15, 0.2) is 24.3 Å². The molecule has 0 radical (unpaired) electrons. The predicted molar refractivity (Wildman–Crippen MR) is 98.2 cm³/mol. The standard InChI is InChI=1S/C18H30N2O2.ClH/c1-13(2)12-22-15-8-6-14(7-9-15)10-11-20-17(21)16(19)18(3,4)5;/h6-9,13,16H,10-12,19H2,1-5H3,(H,20,21);1H/t16-;/m1./s1. The molecule has 5 heteroatoms. The molecule has 23 heavy (non-hydrogen) atoms. The number of hydrogen-bond acceptors (Lipinski definition) is 3. The highest BCUT2D eigenvalue weighted by atomic mass is 35.5. The van der Waals surface area contributed by atoms with Crippen molar-refractivity contribution in [1.29, 1.82) is 0 Å². The number of hydrogen-bond donors (Lipinski definition) is 2. The summed E-state index contributed by atoms with van der Waals surface area (Å²) < 4.78 is 5.65. The molecular formula is C18H31ClN2O2. The molecule has 0 aromatic heterocycles. The first-order chi connectivity index (χ1) is 10.2. The van der Waals surface area contributed by atoms with E-state index in [2.05, 4.69) is 19.2 Å². The fourth-order valence-electron chi connectivity index (χ4n) is 1.85. The van der Waals surface area contributed by atoms with Gasteiger partial charge in [-0.1, -0.05) is 46.8 Å². The van der Waals surface area contributed by atoms with Crippen LogP contribution in [0.4, 0.5) is 0 Å². The highest BCUT2D eigenvalue weighted by Crippen LogP contribution is 2.17. The number of halogens is 1. The van der Waals surface area contributed by atoms with E-state index in [1.165, 1.54) is 5.56 Å². The maximum atomic E-state index is 11.9. The number of nitrogens with two attached hydrogens (primary N) is 1. The molecule has 0 fully saturated rings. The van der Waals surface area contributed by atoms with E-state index in [0.29, 0.717) is 12.5 Å². The smallest absolute Gasteiger partial charge is 0.237 e. The summed E-state index contributed by atoms with van der Waals surface area (Å²) in [6.07, 6.45) is 0.785. The Labute approximate surface area is 146 Å². The molecule has 0 saturated heterocycles. The van der Waals surface area contributed by atoms with E-state index < -0.39 is 6.04 Å². The van der Waals surface area contributed by atoms with Gasteiger partial charge in [-0.2, -0.15) is 0 Å². The zero-order valence-corrected chi connectivity index (χ0v) is 15.7. The Balaban J connectivity index is 0.00000484. The lowest BCUT2D eigenvalue weighted by molar-refractivity contribution is -0.124. The monoisotopic (exact) mass is 342 g/mol. The van der Waals surface area contributed by atoms with Gasteiger partial charge in [0, 0.05) is 6.54 Å². The van der Waals surface area contributed by atoms with E-state index in [9.17, 15) is 4.79 Å². The summed E-state index contributed by atoms with van der Waals surface area (Å²) in [5.74, 6) is 1.31. The molecule has 4 nitrogen and oxygen atoms in total. The molecule has 0 aliphatic heterocycles. The van der Waals surface area contributed by atoms with Crippen molar-refractivity contribution in [3.63, 3.8) is 0 Å². The lowest BCUT2D eigenvalue weighted by Crippen LogP contribution is -2.48. The summed E-state index contributed by atoms with van der Waals surface area (Å²) in [6, 6.07) is 7.53. The van der Waals surface area contributed by atoms with Crippen LogP contribution in [0.3, 0.4) is 0 Å². The third-order valence-corrected chi connectivity index (χ3v) is 3.44. The van der Waals surface area contributed by atoms with Gasteiger partial charge in [0.25, 0.3) is 0 Å². The van der Waals surface area contributed by atoms with Crippen molar-refractivity contribution >= 4 is 18.3 Å². The summed E-state index contributed by atoms with van der Waals surface area (Å²) in [4.78, 5) is 11.9. The van der Waals surface area contributed by atoms with Crippen LogP contribution in [0, 0.1) is 11.3 Å². The molecule has 1 aromatic carbocycles. The number of carbonyl (C=O) groups excluding carboxylic acids is 1. The quantitative estimate of drug-likeness (QED) is 0.799. The zero-order chi connectivity index (χ0) is 16.8. The normalized spacial score (nSPS) is 12.5. The van der Waals surface area contributed by atoms with E-state index in [-0.39, 0.29) is 23.7 Å². The van der Waals surface area contributed by atoms with Crippen LogP contribution in [-0.2, 0) is 11.2 Å². The van der Waals surface area contributed by atoms with Crippen molar-refractivity contribution in [3.05, 3.63) is 29.8 Å². The van der Waals surface area contributed by atoms with Crippen molar-refractivity contribution in [1.82, 2.24) is 5.32 Å². The Morgan fingerprint density at radius 3 is 2.26 bits per heavy atom. The number of carbonyl (C=O) groups is 1. The van der Waals surface area contributed by atoms with Crippen molar-refractivity contribution in [2.45, 2.75) is 47.1 Å². The third-order valence-electron chi connectivity index (χ3n) is 3.44. The van der Waals surface area contributed by atoms with Crippen LogP contribution < -0.4 is 15.8 Å². The summed E-state index contributed by atoms with van der Waals surface area (Å²) in [6.45, 7) is 11.5. The third kappa shape index (κ3) is 8.24. The first-order valence-electron chi connectivity index (χ1n) is 7.95. The highest BCUT2D eigenvalue weighted by molar-refractivity contribution is 5.85. The molecule has 0 saturated carbocycles. The van der Waals surface area contributed by atoms with Gasteiger partial charge < -0.3 is 15.8 Å². The highest BCUT2D eigenvalue weighted by Gasteiger charge is 2.26. The second-order valence-corrected chi connectivity index (χ2v) is 7.23. The SMILES string of the molecule is CC(C)COc1ccc(CCNC(=O)[C@@H](N)C(C)(C)C)cc1.Cl. The second-order valence-electron chi connectivity index (χ2n) is 7.23. The molecule has 1 aromatic rings. The molecule has 1 rings (SSSR count). The van der Waals surface area contributed by atoms with Crippen LogP contribution in [-0.4, -0.2) is 25.1 Å². The fourth-order valence-corrected chi connectivity index (χ4v) is 1.85. The van der Waals surface area contributed by atoms with Crippen molar-refractivity contribution in [3.8, 4) is 5.75 Å². The summed E-state index contributed by atoms with van der Waals surface area (Å²) in [5.41, 5.74) is 6.87. The molecule has 0 spiro atoms. The molecule has 3 N–H and O–H groups in total. The number of ether oxygens (including phenoxy) is 1. The number of rotatable bonds is 7. The fraction of sp³-hybridized carbons (Fsp3) is 0.611. The molecule has 0 aliphatic carbocycles. The van der Waals surface area contributed by atoms with Crippen molar-refractivity contribution in [2.75, 3.05) is 13.2 Å².